The Morgan fingerprint density at radius 2 is 1.88 bits per heavy atom. The highest BCUT2D eigenvalue weighted by molar-refractivity contribution is 8.14. The molecule has 2 aromatic rings. The second-order valence-corrected chi connectivity index (χ2v) is 9.45. The minimum absolute atomic E-state index is 0.106. The van der Waals surface area contributed by atoms with Crippen molar-refractivity contribution in [1.29, 1.82) is 0 Å². The summed E-state index contributed by atoms with van der Waals surface area (Å²) in [6.07, 6.45) is -8.33. The lowest BCUT2D eigenvalue weighted by atomic mass is 10.0. The lowest BCUT2D eigenvalue weighted by molar-refractivity contribution is -0.205. The topological polar surface area (TPSA) is 222 Å². The fourth-order valence-corrected chi connectivity index (χ4v) is 4.65. The lowest BCUT2D eigenvalue weighted by Gasteiger charge is -2.39. The number of H-pyrrole nitrogens is 1. The minimum atomic E-state index is -5.08. The van der Waals surface area contributed by atoms with Crippen LogP contribution in [0.4, 0.5) is 0 Å². The van der Waals surface area contributed by atoms with Crippen LogP contribution in [0.3, 0.4) is 0 Å². The Hall–Kier alpha value is -1.79. The summed E-state index contributed by atoms with van der Waals surface area (Å²) in [5, 5.41) is 63.8. The van der Waals surface area contributed by atoms with Crippen LogP contribution in [-0.2, 0) is 25.8 Å². The zero-order valence-electron chi connectivity index (χ0n) is 16.9. The summed E-state index contributed by atoms with van der Waals surface area (Å²) in [5.74, 6) is 0. The first-order valence-electron chi connectivity index (χ1n) is 9.64. The summed E-state index contributed by atoms with van der Waals surface area (Å²) >= 11 is 0.369. The van der Waals surface area contributed by atoms with E-state index in [9.17, 15) is 39.1 Å². The van der Waals surface area contributed by atoms with Gasteiger partial charge in [-0.15, -0.1) is 0 Å². The van der Waals surface area contributed by atoms with E-state index < -0.39 is 64.1 Å². The Morgan fingerprint density at radius 1 is 1.18 bits per heavy atom. The second-order valence-electron chi connectivity index (χ2n) is 7.32. The van der Waals surface area contributed by atoms with E-state index in [1.165, 1.54) is 0 Å². The van der Waals surface area contributed by atoms with Gasteiger partial charge in [0.05, 0.1) is 12.7 Å². The molecule has 184 valence electrons. The van der Waals surface area contributed by atoms with Gasteiger partial charge in [0.2, 0.25) is 0 Å². The predicted molar refractivity (Wildman–Crippen MR) is 115 cm³/mol. The van der Waals surface area contributed by atoms with Gasteiger partial charge in [-0.25, -0.2) is 4.28 Å². The molecule has 0 radical (unpaired) electrons. The number of hydrogen-bond donors (Lipinski definition) is 8. The van der Waals surface area contributed by atoms with Crippen LogP contribution in [0.2, 0.25) is 0 Å². The third kappa shape index (κ3) is 6.21. The summed E-state index contributed by atoms with van der Waals surface area (Å²) in [4.78, 5) is 3.01. The standard InChI is InChI=1S/C18H24N2O11S2/c21-7-12-14(24)15(25)16(26)18(30-12)32-17(20-31-33(27,28)29)13(23)11(22)5-8-6-19-10-4-2-1-3-9(8)10/h1-4,6,11-16,18-19,21-26H,5,7H2,(H,27,28,29)/t11-,12+,13-,14+,15-,16+,18-/m1/s1. The van der Waals surface area contributed by atoms with E-state index in [0.29, 0.717) is 17.3 Å². The van der Waals surface area contributed by atoms with Crippen LogP contribution in [0.15, 0.2) is 35.6 Å². The number of rotatable bonds is 8. The van der Waals surface area contributed by atoms with Crippen LogP contribution in [-0.4, -0.2) is 102 Å². The molecule has 7 atom stereocenters. The van der Waals surface area contributed by atoms with Crippen LogP contribution in [0.25, 0.3) is 10.9 Å². The fourth-order valence-electron chi connectivity index (χ4n) is 3.31. The first-order valence-corrected chi connectivity index (χ1v) is 11.9. The molecule has 1 aromatic heterocycles. The van der Waals surface area contributed by atoms with Crippen molar-refractivity contribution in [2.24, 2.45) is 5.16 Å². The molecule has 3 rings (SSSR count). The van der Waals surface area contributed by atoms with Crippen LogP contribution in [0.5, 0.6) is 0 Å². The average Bonchev–Trinajstić information content (AvgIpc) is 3.18. The first kappa shape index (κ1) is 25.8. The Morgan fingerprint density at radius 3 is 2.55 bits per heavy atom. The largest absolute Gasteiger partial charge is 0.466 e. The predicted octanol–water partition coefficient (Wildman–Crippen LogP) is -1.90. The number of aliphatic hydroxyl groups excluding tert-OH is 6. The van der Waals surface area contributed by atoms with E-state index in [1.807, 2.05) is 12.1 Å². The number of para-hydroxylation sites is 1. The van der Waals surface area contributed by atoms with Gasteiger partial charge in [0.25, 0.3) is 0 Å². The number of benzene rings is 1. The van der Waals surface area contributed by atoms with Gasteiger partial charge in [-0.3, -0.25) is 4.55 Å². The monoisotopic (exact) mass is 508 g/mol. The van der Waals surface area contributed by atoms with E-state index >= 15 is 0 Å². The molecule has 0 bridgehead atoms. The SMILES string of the molecule is O=S(=O)(O)ON=C(S[C@H]1O[C@@H](CO)[C@H](O)[C@@H](O)[C@@H]1O)[C@H](O)[C@H](O)Cc1c[nH]c2ccccc12. The molecule has 13 nitrogen and oxygen atoms in total. The maximum Gasteiger partial charge on any atom is 0.466 e. The molecule has 1 aliphatic heterocycles. The molecule has 1 aromatic carbocycles. The summed E-state index contributed by atoms with van der Waals surface area (Å²) in [6.45, 7) is -0.720. The summed E-state index contributed by atoms with van der Waals surface area (Å²) in [6, 6.07) is 7.19. The first-order chi connectivity index (χ1) is 15.5. The molecular formula is C18H24N2O11S2. The molecule has 0 spiro atoms. The molecule has 33 heavy (non-hydrogen) atoms. The number of fused-ring (bicyclic) bond motifs is 1. The van der Waals surface area contributed by atoms with Gasteiger partial charge in [-0.2, -0.15) is 8.42 Å². The van der Waals surface area contributed by atoms with Crippen LogP contribution in [0.1, 0.15) is 5.56 Å². The molecule has 2 heterocycles. The summed E-state index contributed by atoms with van der Waals surface area (Å²) in [7, 11) is -5.08. The molecule has 1 fully saturated rings. The van der Waals surface area contributed by atoms with Gasteiger partial charge >= 0.3 is 10.4 Å². The van der Waals surface area contributed by atoms with Gasteiger partial charge in [-0.05, 0) is 11.6 Å². The molecule has 0 saturated carbocycles. The van der Waals surface area contributed by atoms with Crippen LogP contribution >= 0.6 is 11.8 Å². The molecule has 15 heteroatoms. The molecule has 0 amide bonds. The van der Waals surface area contributed by atoms with Gasteiger partial charge < -0.3 is 40.4 Å². The van der Waals surface area contributed by atoms with Gasteiger partial charge in [-0.1, -0.05) is 35.1 Å². The van der Waals surface area contributed by atoms with Crippen LogP contribution in [0, 0.1) is 0 Å². The van der Waals surface area contributed by atoms with Crippen molar-refractivity contribution < 1.29 is 52.6 Å². The molecule has 0 aliphatic carbocycles. The summed E-state index contributed by atoms with van der Waals surface area (Å²) < 4.78 is 40.0. The number of aromatic amines is 1. The highest BCUT2D eigenvalue weighted by Gasteiger charge is 2.45. The summed E-state index contributed by atoms with van der Waals surface area (Å²) in [5.41, 5.74) is -0.0437. The number of aliphatic hydroxyl groups is 6. The Balaban J connectivity index is 1.82. The van der Waals surface area contributed by atoms with Crippen molar-refractivity contribution in [3.8, 4) is 0 Å². The number of ether oxygens (including phenoxy) is 1. The lowest BCUT2D eigenvalue weighted by Crippen LogP contribution is -2.58. The second kappa shape index (κ2) is 10.6. The number of nitrogens with zero attached hydrogens (tertiary/aromatic N) is 1. The fraction of sp³-hybridized carbons (Fsp3) is 0.500. The van der Waals surface area contributed by atoms with Gasteiger partial charge in [0.1, 0.15) is 41.0 Å². The number of hydrogen-bond acceptors (Lipinski definition) is 12. The van der Waals surface area contributed by atoms with Crippen molar-refractivity contribution in [2.45, 2.75) is 48.5 Å². The van der Waals surface area contributed by atoms with Crippen molar-refractivity contribution in [1.82, 2.24) is 4.98 Å². The van der Waals surface area contributed by atoms with Gasteiger partial charge in [0.15, 0.2) is 0 Å². The smallest absolute Gasteiger partial charge is 0.394 e. The zero-order valence-corrected chi connectivity index (χ0v) is 18.5. The van der Waals surface area contributed by atoms with Crippen LogP contribution < -0.4 is 0 Å². The highest BCUT2D eigenvalue weighted by Crippen LogP contribution is 2.31. The van der Waals surface area contributed by atoms with Crippen molar-refractivity contribution >= 4 is 38.1 Å². The van der Waals surface area contributed by atoms with Crippen molar-refractivity contribution in [3.05, 3.63) is 36.0 Å². The highest BCUT2D eigenvalue weighted by atomic mass is 32.3. The number of thioether (sulfide) groups is 1. The maximum absolute atomic E-state index is 11.0. The quantitative estimate of drug-likeness (QED) is 0.0847. The Kier molecular flexibility index (Phi) is 8.33. The molecule has 8 N–H and O–H groups in total. The number of nitrogens with one attached hydrogen (secondary N) is 1. The van der Waals surface area contributed by atoms with Crippen molar-refractivity contribution in [3.63, 3.8) is 0 Å². The van der Waals surface area contributed by atoms with Crippen molar-refractivity contribution in [2.75, 3.05) is 6.61 Å². The Bertz CT molecular complexity index is 1070. The van der Waals surface area contributed by atoms with E-state index in [4.69, 9.17) is 9.29 Å². The minimum Gasteiger partial charge on any atom is -0.394 e. The molecule has 1 saturated heterocycles. The average molecular weight is 509 g/mol. The third-order valence-electron chi connectivity index (χ3n) is 5.03. The Labute approximate surface area is 192 Å². The van der Waals surface area contributed by atoms with E-state index in [2.05, 4.69) is 14.4 Å². The molecular weight excluding hydrogens is 484 g/mol. The third-order valence-corrected chi connectivity index (χ3v) is 6.47. The maximum atomic E-state index is 11.0. The van der Waals surface area contributed by atoms with E-state index in [-0.39, 0.29) is 6.42 Å². The zero-order chi connectivity index (χ0) is 24.3. The number of oxime groups is 1. The van der Waals surface area contributed by atoms with Gasteiger partial charge in [0, 0.05) is 23.5 Å². The normalized spacial score (nSPS) is 28.6. The van der Waals surface area contributed by atoms with E-state index in [0.717, 1.165) is 10.9 Å². The molecule has 1 aliphatic rings. The molecule has 0 unspecified atom stereocenters. The van der Waals surface area contributed by atoms with E-state index in [1.54, 1.807) is 18.3 Å². The number of aromatic nitrogens is 1.